The summed E-state index contributed by atoms with van der Waals surface area (Å²) in [6, 6.07) is 5.81. The van der Waals surface area contributed by atoms with Gasteiger partial charge in [-0.05, 0) is 24.1 Å². The smallest absolute Gasteiger partial charge is 0.270 e. The van der Waals surface area contributed by atoms with Crippen LogP contribution in [0.4, 0.5) is 5.13 Å². The van der Waals surface area contributed by atoms with E-state index in [0.717, 1.165) is 28.6 Å². The molecule has 1 aliphatic heterocycles. The summed E-state index contributed by atoms with van der Waals surface area (Å²) in [7, 11) is 0. The third kappa shape index (κ3) is 3.30. The number of nitrogens with one attached hydrogen (secondary N) is 2. The van der Waals surface area contributed by atoms with E-state index >= 15 is 0 Å². The first-order valence-electron chi connectivity index (χ1n) is 7.12. The lowest BCUT2D eigenvalue weighted by Crippen LogP contribution is -2.24. The van der Waals surface area contributed by atoms with Gasteiger partial charge in [0.1, 0.15) is 5.69 Å². The number of hydrogen-bond acceptors (Lipinski definition) is 6. The zero-order valence-corrected chi connectivity index (χ0v) is 13.0. The Balaban J connectivity index is 1.58. The van der Waals surface area contributed by atoms with Crippen LogP contribution in [0.2, 0.25) is 0 Å². The number of hydrogen-bond donors (Lipinski definition) is 2. The molecule has 116 valence electrons. The Morgan fingerprint density at radius 2 is 2.23 bits per heavy atom. The Morgan fingerprint density at radius 3 is 3.09 bits per heavy atom. The predicted octanol–water partition coefficient (Wildman–Crippen LogP) is 2.62. The fourth-order valence-electron chi connectivity index (χ4n) is 2.02. The van der Waals surface area contributed by atoms with Crippen LogP contribution in [-0.4, -0.2) is 24.2 Å². The normalized spacial score (nSPS) is 12.2. The Labute approximate surface area is 132 Å². The van der Waals surface area contributed by atoms with E-state index in [1.54, 1.807) is 5.38 Å². The summed E-state index contributed by atoms with van der Waals surface area (Å²) in [5.41, 5.74) is 1.52. The van der Waals surface area contributed by atoms with Crippen LogP contribution in [0.25, 0.3) is 0 Å². The molecule has 0 bridgehead atoms. The van der Waals surface area contributed by atoms with Gasteiger partial charge in [0.25, 0.3) is 5.91 Å². The summed E-state index contributed by atoms with van der Waals surface area (Å²) in [6.45, 7) is 3.56. The summed E-state index contributed by atoms with van der Waals surface area (Å²) < 4.78 is 10.6. The average molecular weight is 319 g/mol. The molecule has 2 heterocycles. The lowest BCUT2D eigenvalue weighted by Gasteiger charge is -2.04. The van der Waals surface area contributed by atoms with E-state index in [2.05, 4.69) is 15.6 Å². The van der Waals surface area contributed by atoms with E-state index in [9.17, 15) is 4.79 Å². The number of ether oxygens (including phenoxy) is 2. The maximum absolute atomic E-state index is 11.8. The first kappa shape index (κ1) is 14.6. The van der Waals surface area contributed by atoms with Gasteiger partial charge in [-0.15, -0.1) is 11.3 Å². The van der Waals surface area contributed by atoms with Gasteiger partial charge in [-0.2, -0.15) is 0 Å². The number of carbonyl (C=O) groups excluding carboxylic acids is 1. The molecule has 0 saturated heterocycles. The van der Waals surface area contributed by atoms with Crippen LogP contribution in [-0.2, 0) is 6.54 Å². The molecule has 1 amide bonds. The maximum atomic E-state index is 11.8. The zero-order valence-electron chi connectivity index (χ0n) is 12.2. The van der Waals surface area contributed by atoms with Crippen molar-refractivity contribution in [1.82, 2.24) is 10.3 Å². The SMILES string of the molecule is CCCNC(=O)c1csc(NCc2ccc3c(c2)OCO3)n1. The molecule has 0 atom stereocenters. The molecule has 1 aromatic carbocycles. The topological polar surface area (TPSA) is 72.5 Å². The van der Waals surface area contributed by atoms with Crippen molar-refractivity contribution in [1.29, 1.82) is 0 Å². The maximum Gasteiger partial charge on any atom is 0.270 e. The first-order valence-corrected chi connectivity index (χ1v) is 8.00. The second kappa shape index (κ2) is 6.65. The molecule has 0 radical (unpaired) electrons. The van der Waals surface area contributed by atoms with Gasteiger partial charge >= 0.3 is 0 Å². The molecule has 0 unspecified atom stereocenters. The van der Waals surface area contributed by atoms with Gasteiger partial charge in [0, 0.05) is 18.5 Å². The zero-order chi connectivity index (χ0) is 15.4. The lowest BCUT2D eigenvalue weighted by molar-refractivity contribution is 0.0949. The van der Waals surface area contributed by atoms with Gasteiger partial charge in [0.05, 0.1) is 0 Å². The van der Waals surface area contributed by atoms with Gasteiger partial charge in [0.2, 0.25) is 6.79 Å². The molecule has 0 aliphatic carbocycles. The van der Waals surface area contributed by atoms with Gasteiger partial charge in [-0.25, -0.2) is 4.98 Å². The summed E-state index contributed by atoms with van der Waals surface area (Å²) >= 11 is 1.42. The van der Waals surface area contributed by atoms with Gasteiger partial charge in [-0.1, -0.05) is 13.0 Å². The standard InChI is InChI=1S/C15H17N3O3S/c1-2-5-16-14(19)11-8-22-15(18-11)17-7-10-3-4-12-13(6-10)21-9-20-12/h3-4,6,8H,2,5,7,9H2,1H3,(H,16,19)(H,17,18). The minimum atomic E-state index is -0.130. The van der Waals surface area contributed by atoms with Crippen molar-refractivity contribution in [2.24, 2.45) is 0 Å². The molecule has 1 aromatic heterocycles. The summed E-state index contributed by atoms with van der Waals surface area (Å²) in [6.07, 6.45) is 0.908. The number of aromatic nitrogens is 1. The van der Waals surface area contributed by atoms with Crippen molar-refractivity contribution < 1.29 is 14.3 Å². The Bertz CT molecular complexity index is 672. The third-order valence-electron chi connectivity index (χ3n) is 3.15. The van der Waals surface area contributed by atoms with Gasteiger partial charge < -0.3 is 20.1 Å². The molecule has 3 rings (SSSR count). The van der Waals surface area contributed by atoms with Gasteiger partial charge in [0.15, 0.2) is 16.6 Å². The second-order valence-corrected chi connectivity index (χ2v) is 5.69. The molecule has 2 aromatic rings. The number of amides is 1. The third-order valence-corrected chi connectivity index (χ3v) is 3.95. The largest absolute Gasteiger partial charge is 0.454 e. The molecular formula is C15H17N3O3S. The molecule has 0 saturated carbocycles. The van der Waals surface area contributed by atoms with Crippen molar-refractivity contribution in [3.8, 4) is 11.5 Å². The highest BCUT2D eigenvalue weighted by molar-refractivity contribution is 7.13. The van der Waals surface area contributed by atoms with E-state index in [0.29, 0.717) is 18.8 Å². The van der Waals surface area contributed by atoms with Crippen LogP contribution >= 0.6 is 11.3 Å². The number of carbonyl (C=O) groups is 1. The van der Waals surface area contributed by atoms with Crippen LogP contribution in [0.1, 0.15) is 29.4 Å². The van der Waals surface area contributed by atoms with Crippen LogP contribution < -0.4 is 20.1 Å². The second-order valence-electron chi connectivity index (χ2n) is 4.83. The van der Waals surface area contributed by atoms with E-state index in [1.807, 2.05) is 25.1 Å². The van der Waals surface area contributed by atoms with E-state index in [4.69, 9.17) is 9.47 Å². The van der Waals surface area contributed by atoms with Crippen molar-refractivity contribution >= 4 is 22.4 Å². The Hall–Kier alpha value is -2.28. The Morgan fingerprint density at radius 1 is 1.36 bits per heavy atom. The number of nitrogens with zero attached hydrogens (tertiary/aromatic N) is 1. The Kier molecular flexibility index (Phi) is 4.43. The highest BCUT2D eigenvalue weighted by Gasteiger charge is 2.13. The summed E-state index contributed by atoms with van der Waals surface area (Å²) in [4.78, 5) is 16.1. The average Bonchev–Trinajstić information content (AvgIpc) is 3.18. The summed E-state index contributed by atoms with van der Waals surface area (Å²) in [5.74, 6) is 1.40. The highest BCUT2D eigenvalue weighted by Crippen LogP contribution is 2.32. The number of thiazole rings is 1. The van der Waals surface area contributed by atoms with Crippen molar-refractivity contribution in [3.63, 3.8) is 0 Å². The molecule has 22 heavy (non-hydrogen) atoms. The molecular weight excluding hydrogens is 302 g/mol. The molecule has 1 aliphatic rings. The number of anilines is 1. The fraction of sp³-hybridized carbons (Fsp3) is 0.333. The van der Waals surface area contributed by atoms with Crippen molar-refractivity contribution in [3.05, 3.63) is 34.8 Å². The number of fused-ring (bicyclic) bond motifs is 1. The summed E-state index contributed by atoms with van der Waals surface area (Å²) in [5, 5.41) is 8.50. The lowest BCUT2D eigenvalue weighted by atomic mass is 10.2. The quantitative estimate of drug-likeness (QED) is 0.856. The molecule has 0 spiro atoms. The monoisotopic (exact) mass is 319 g/mol. The van der Waals surface area contributed by atoms with Crippen LogP contribution in [0, 0.1) is 0 Å². The van der Waals surface area contributed by atoms with Crippen LogP contribution in [0.3, 0.4) is 0 Å². The predicted molar refractivity (Wildman–Crippen MR) is 84.6 cm³/mol. The molecule has 6 nitrogen and oxygen atoms in total. The van der Waals surface area contributed by atoms with Crippen molar-refractivity contribution in [2.45, 2.75) is 19.9 Å². The fourth-order valence-corrected chi connectivity index (χ4v) is 2.71. The molecule has 7 heteroatoms. The molecule has 2 N–H and O–H groups in total. The first-order chi connectivity index (χ1) is 10.8. The van der Waals surface area contributed by atoms with E-state index in [1.165, 1.54) is 11.3 Å². The minimum absolute atomic E-state index is 0.130. The van der Waals surface area contributed by atoms with Crippen molar-refractivity contribution in [2.75, 3.05) is 18.7 Å². The minimum Gasteiger partial charge on any atom is -0.454 e. The van der Waals surface area contributed by atoms with Crippen LogP contribution in [0.5, 0.6) is 11.5 Å². The van der Waals surface area contributed by atoms with E-state index in [-0.39, 0.29) is 12.7 Å². The van der Waals surface area contributed by atoms with Crippen LogP contribution in [0.15, 0.2) is 23.6 Å². The molecule has 0 fully saturated rings. The highest BCUT2D eigenvalue weighted by atomic mass is 32.1. The number of rotatable bonds is 6. The van der Waals surface area contributed by atoms with Gasteiger partial charge in [-0.3, -0.25) is 4.79 Å². The number of benzene rings is 1. The van der Waals surface area contributed by atoms with E-state index < -0.39 is 0 Å².